The number of allylic oxidation sites excluding steroid dienone is 2. The monoisotopic (exact) mass is 693 g/mol. The van der Waals surface area contributed by atoms with Gasteiger partial charge >= 0.3 is 0 Å². The van der Waals surface area contributed by atoms with Gasteiger partial charge in [0.1, 0.15) is 5.82 Å². The molecule has 1 N–H and O–H groups in total. The van der Waals surface area contributed by atoms with Gasteiger partial charge in [-0.15, -0.1) is 0 Å². The van der Waals surface area contributed by atoms with Crippen molar-refractivity contribution >= 4 is 63.9 Å². The van der Waals surface area contributed by atoms with Crippen LogP contribution in [-0.2, 0) is 19.2 Å². The Hall–Kier alpha value is -4.81. The zero-order chi connectivity index (χ0) is 34.4. The van der Waals surface area contributed by atoms with Crippen molar-refractivity contribution in [1.82, 2.24) is 0 Å². The molecule has 2 aliphatic heterocycles. The summed E-state index contributed by atoms with van der Waals surface area (Å²) < 4.78 is 19.5. The van der Waals surface area contributed by atoms with Crippen LogP contribution in [0.3, 0.4) is 0 Å². The number of nitrogens with zero attached hydrogens (tertiary/aromatic N) is 3. The van der Waals surface area contributed by atoms with Crippen LogP contribution in [0.5, 0.6) is 11.5 Å². The van der Waals surface area contributed by atoms with E-state index in [1.54, 1.807) is 6.92 Å². The molecule has 0 bridgehead atoms. The molecule has 0 aromatic heterocycles. The molecule has 0 radical (unpaired) electrons. The van der Waals surface area contributed by atoms with Crippen LogP contribution in [0.1, 0.15) is 31.2 Å². The second kappa shape index (κ2) is 11.1. The van der Waals surface area contributed by atoms with Crippen LogP contribution in [-0.4, -0.2) is 40.8 Å². The summed E-state index contributed by atoms with van der Waals surface area (Å²) >= 11 is 12.5. The van der Waals surface area contributed by atoms with E-state index < -0.39 is 69.4 Å². The number of methoxy groups -OCH3 is 1. The van der Waals surface area contributed by atoms with Crippen molar-refractivity contribution in [3.05, 3.63) is 97.8 Å². The van der Waals surface area contributed by atoms with Crippen molar-refractivity contribution in [1.29, 1.82) is 0 Å². The number of imide groups is 2. The number of rotatable bonds is 5. The highest BCUT2D eigenvalue weighted by molar-refractivity contribution is 6.32. The number of phenols is 1. The molecule has 6 atom stereocenters. The van der Waals surface area contributed by atoms with Crippen molar-refractivity contribution in [2.75, 3.05) is 16.9 Å². The average Bonchev–Trinajstić information content (AvgIpc) is 3.43. The number of halogens is 3. The minimum atomic E-state index is -1.44. The molecule has 2 aliphatic carbocycles. The molecule has 3 aromatic rings. The number of benzene rings is 3. The number of fused-ring (bicyclic) bond motifs is 4. The van der Waals surface area contributed by atoms with Crippen LogP contribution in [0, 0.1) is 45.0 Å². The standard InChI is InChI=1S/C34H26Cl2FN3O8/c1-34-22(31(43)39(33(34)45)18-7-10-25(37)23(35)13-18)14-21-19(28(34)15-11-24(36)29(41)26(12-15)48-2)8-9-20-27(21)32(44)38(30(20)42)16-3-5-17(6-4-16)40(46)47/h3-8,10-13,20-22,27-28,41H,9,14H2,1-2H3. The third-order valence-corrected chi connectivity index (χ3v) is 10.9. The lowest BCUT2D eigenvalue weighted by atomic mass is 9.51. The molecule has 4 amide bonds. The quantitative estimate of drug-likeness (QED) is 0.144. The van der Waals surface area contributed by atoms with E-state index in [2.05, 4.69) is 0 Å². The van der Waals surface area contributed by atoms with E-state index >= 15 is 0 Å². The zero-order valence-electron chi connectivity index (χ0n) is 25.4. The molecule has 246 valence electrons. The number of carbonyl (C=O) groups is 4. The predicted molar refractivity (Wildman–Crippen MR) is 171 cm³/mol. The van der Waals surface area contributed by atoms with E-state index in [4.69, 9.17) is 27.9 Å². The molecule has 4 aliphatic rings. The summed E-state index contributed by atoms with van der Waals surface area (Å²) in [4.78, 5) is 69.5. The summed E-state index contributed by atoms with van der Waals surface area (Å²) in [7, 11) is 1.34. The summed E-state index contributed by atoms with van der Waals surface area (Å²) in [6, 6.07) is 11.7. The van der Waals surface area contributed by atoms with Gasteiger partial charge in [-0.3, -0.25) is 34.2 Å². The number of carbonyl (C=O) groups excluding carboxylic acids is 4. The minimum Gasteiger partial charge on any atom is -0.503 e. The van der Waals surface area contributed by atoms with Crippen molar-refractivity contribution in [3.8, 4) is 11.5 Å². The van der Waals surface area contributed by atoms with Crippen LogP contribution in [0.2, 0.25) is 10.0 Å². The van der Waals surface area contributed by atoms with Crippen LogP contribution in [0.4, 0.5) is 21.5 Å². The maximum absolute atomic E-state index is 14.5. The fourth-order valence-electron chi connectivity index (χ4n) is 8.16. The van der Waals surface area contributed by atoms with Crippen LogP contribution < -0.4 is 14.5 Å². The molecule has 2 heterocycles. The zero-order valence-corrected chi connectivity index (χ0v) is 26.9. The number of non-ortho nitro benzene ring substituents is 1. The highest BCUT2D eigenvalue weighted by Crippen LogP contribution is 2.64. The highest BCUT2D eigenvalue weighted by Gasteiger charge is 2.67. The number of nitro groups is 1. The second-order valence-electron chi connectivity index (χ2n) is 12.6. The fourth-order valence-corrected chi connectivity index (χ4v) is 8.55. The Morgan fingerprint density at radius 1 is 0.938 bits per heavy atom. The van der Waals surface area contributed by atoms with Crippen molar-refractivity contribution in [3.63, 3.8) is 0 Å². The average molecular weight is 694 g/mol. The SMILES string of the molecule is COc1cc(C2C3=CCC4C(=O)N(c5ccc([N+](=O)[O-])cc5)C(=O)C4C3CC3C(=O)N(c4ccc(F)c(Cl)c4)C(=O)C32C)cc(Cl)c1O. The van der Waals surface area contributed by atoms with E-state index in [0.29, 0.717) is 11.1 Å². The van der Waals surface area contributed by atoms with E-state index in [9.17, 15) is 38.8 Å². The van der Waals surface area contributed by atoms with Gasteiger partial charge in [0.15, 0.2) is 11.5 Å². The van der Waals surface area contributed by atoms with Gasteiger partial charge in [0.05, 0.1) is 56.6 Å². The topological polar surface area (TPSA) is 147 Å². The van der Waals surface area contributed by atoms with Gasteiger partial charge < -0.3 is 9.84 Å². The Morgan fingerprint density at radius 3 is 2.27 bits per heavy atom. The number of nitro benzene ring substituents is 1. The van der Waals surface area contributed by atoms with E-state index in [0.717, 1.165) is 15.9 Å². The van der Waals surface area contributed by atoms with Crippen molar-refractivity contribution in [2.24, 2.45) is 29.1 Å². The Balaban J connectivity index is 1.37. The van der Waals surface area contributed by atoms with Crippen LogP contribution in [0.15, 0.2) is 66.2 Å². The molecule has 3 aromatic carbocycles. The smallest absolute Gasteiger partial charge is 0.269 e. The second-order valence-corrected chi connectivity index (χ2v) is 13.4. The molecule has 14 heteroatoms. The Labute approximate surface area is 282 Å². The summed E-state index contributed by atoms with van der Waals surface area (Å²) in [6.45, 7) is 1.66. The van der Waals surface area contributed by atoms with E-state index in [1.165, 1.54) is 55.6 Å². The van der Waals surface area contributed by atoms with Gasteiger partial charge in [-0.05, 0) is 73.7 Å². The molecular weight excluding hydrogens is 668 g/mol. The maximum atomic E-state index is 14.5. The van der Waals surface area contributed by atoms with Gasteiger partial charge in [-0.2, -0.15) is 0 Å². The molecule has 11 nitrogen and oxygen atoms in total. The summed E-state index contributed by atoms with van der Waals surface area (Å²) in [6.07, 6.45) is 2.04. The first-order chi connectivity index (χ1) is 22.8. The summed E-state index contributed by atoms with van der Waals surface area (Å²) in [5.41, 5.74) is -0.273. The fraction of sp³-hybridized carbons (Fsp3) is 0.294. The predicted octanol–water partition coefficient (Wildman–Crippen LogP) is 6.19. The molecule has 1 saturated carbocycles. The number of hydrogen-bond donors (Lipinski definition) is 1. The van der Waals surface area contributed by atoms with Crippen molar-refractivity contribution < 1.29 is 38.3 Å². The molecule has 2 saturated heterocycles. The van der Waals surface area contributed by atoms with E-state index in [1.807, 2.05) is 6.08 Å². The molecule has 3 fully saturated rings. The van der Waals surface area contributed by atoms with E-state index in [-0.39, 0.29) is 51.4 Å². The lowest BCUT2D eigenvalue weighted by Gasteiger charge is -2.49. The molecule has 0 spiro atoms. The maximum Gasteiger partial charge on any atom is 0.269 e. The first-order valence-electron chi connectivity index (χ1n) is 15.0. The number of hydrogen-bond acceptors (Lipinski definition) is 8. The number of anilines is 2. The molecule has 48 heavy (non-hydrogen) atoms. The molecule has 6 unspecified atom stereocenters. The number of aromatic hydroxyl groups is 1. The number of ether oxygens (including phenoxy) is 1. The minimum absolute atomic E-state index is 0.0319. The third kappa shape index (κ3) is 4.38. The lowest BCUT2D eigenvalue weighted by molar-refractivity contribution is -0.384. The number of phenolic OH excluding ortho intramolecular Hbond substituents is 1. The van der Waals surface area contributed by atoms with Gasteiger partial charge in [0, 0.05) is 18.1 Å². The summed E-state index contributed by atoms with van der Waals surface area (Å²) in [5.74, 6) is -7.33. The molecular formula is C34H26Cl2FN3O8. The van der Waals surface area contributed by atoms with Gasteiger partial charge in [0.25, 0.3) is 5.69 Å². The van der Waals surface area contributed by atoms with Crippen LogP contribution >= 0.6 is 23.2 Å². The molecule has 7 rings (SSSR count). The Kier molecular flexibility index (Phi) is 7.37. The van der Waals surface area contributed by atoms with Gasteiger partial charge in [-0.1, -0.05) is 34.9 Å². The van der Waals surface area contributed by atoms with Gasteiger partial charge in [0.2, 0.25) is 23.6 Å². The Morgan fingerprint density at radius 2 is 1.62 bits per heavy atom. The lowest BCUT2D eigenvalue weighted by Crippen LogP contribution is -2.48. The highest BCUT2D eigenvalue weighted by atomic mass is 35.5. The summed E-state index contributed by atoms with van der Waals surface area (Å²) in [5, 5.41) is 21.4. The largest absolute Gasteiger partial charge is 0.503 e. The Bertz CT molecular complexity index is 2000. The van der Waals surface area contributed by atoms with Gasteiger partial charge in [-0.25, -0.2) is 9.29 Å². The van der Waals surface area contributed by atoms with Crippen LogP contribution in [0.25, 0.3) is 0 Å². The van der Waals surface area contributed by atoms with Crippen molar-refractivity contribution in [2.45, 2.75) is 25.7 Å². The number of amides is 4. The first kappa shape index (κ1) is 31.8. The first-order valence-corrected chi connectivity index (χ1v) is 15.8. The third-order valence-electron chi connectivity index (χ3n) is 10.4. The normalized spacial score (nSPS) is 27.9.